The number of aliphatic hydroxyl groups is 1. The number of fused-ring (bicyclic) bond motifs is 1. The van der Waals surface area contributed by atoms with Crippen LogP contribution in [0.2, 0.25) is 5.02 Å². The number of carbonyl (C=O) groups excluding carboxylic acids is 2. The van der Waals surface area contributed by atoms with Gasteiger partial charge in [-0.25, -0.2) is 18.6 Å². The summed E-state index contributed by atoms with van der Waals surface area (Å²) in [5.74, 6) is -2.41. The van der Waals surface area contributed by atoms with E-state index in [2.05, 4.69) is 4.98 Å². The third kappa shape index (κ3) is 5.25. The lowest BCUT2D eigenvalue weighted by atomic mass is 10.1. The summed E-state index contributed by atoms with van der Waals surface area (Å²) in [6.45, 7) is 2.15. The van der Waals surface area contributed by atoms with E-state index in [0.29, 0.717) is 23.0 Å². The number of anilines is 2. The number of halogens is 3. The fourth-order valence-corrected chi connectivity index (χ4v) is 3.95. The third-order valence-electron chi connectivity index (χ3n) is 5.62. The van der Waals surface area contributed by atoms with Gasteiger partial charge in [0.05, 0.1) is 17.9 Å². The van der Waals surface area contributed by atoms with Crippen molar-refractivity contribution in [1.29, 1.82) is 0 Å². The predicted octanol–water partition coefficient (Wildman–Crippen LogP) is 2.76. The van der Waals surface area contributed by atoms with Crippen LogP contribution in [0.15, 0.2) is 47.5 Å². The molecule has 0 spiro atoms. The summed E-state index contributed by atoms with van der Waals surface area (Å²) in [6, 6.07) is 7.01. The first-order valence-electron chi connectivity index (χ1n) is 10.9. The van der Waals surface area contributed by atoms with Gasteiger partial charge in [0.2, 0.25) is 5.88 Å². The van der Waals surface area contributed by atoms with Crippen LogP contribution in [0.1, 0.15) is 25.0 Å². The number of rotatable bonds is 6. The van der Waals surface area contributed by atoms with Crippen LogP contribution in [-0.2, 0) is 17.9 Å². The molecule has 1 aliphatic rings. The normalized spacial score (nSPS) is 13.0. The number of hydrogen-bond donors (Lipinski definition) is 2. The van der Waals surface area contributed by atoms with E-state index in [-0.39, 0.29) is 36.3 Å². The number of ether oxygens (including phenoxy) is 1. The highest BCUT2D eigenvalue weighted by Crippen LogP contribution is 2.38. The summed E-state index contributed by atoms with van der Waals surface area (Å²) in [5.41, 5.74) is 4.40. The summed E-state index contributed by atoms with van der Waals surface area (Å²) in [4.78, 5) is 43.9. The van der Waals surface area contributed by atoms with Crippen LogP contribution in [0.25, 0.3) is 0 Å². The Hall–Kier alpha value is -4.03. The number of aromatic nitrogens is 2. The van der Waals surface area contributed by atoms with Crippen molar-refractivity contribution < 1.29 is 28.2 Å². The predicted molar refractivity (Wildman–Crippen MR) is 130 cm³/mol. The lowest BCUT2D eigenvalue weighted by molar-refractivity contribution is -0.133. The highest BCUT2D eigenvalue weighted by molar-refractivity contribution is 6.31. The second kappa shape index (κ2) is 9.79. The van der Waals surface area contributed by atoms with Gasteiger partial charge in [-0.3, -0.25) is 24.0 Å². The first kappa shape index (κ1) is 26.0. The zero-order valence-electron chi connectivity index (χ0n) is 19.7. The Morgan fingerprint density at radius 2 is 1.89 bits per heavy atom. The van der Waals surface area contributed by atoms with Crippen molar-refractivity contribution in [2.45, 2.75) is 32.6 Å². The quantitative estimate of drug-likeness (QED) is 0.501. The van der Waals surface area contributed by atoms with Crippen molar-refractivity contribution >= 4 is 34.9 Å². The Balaban J connectivity index is 1.58. The fraction of sp³-hybridized carbons (Fsp3) is 0.250. The zero-order chi connectivity index (χ0) is 27.1. The molecule has 2 heterocycles. The van der Waals surface area contributed by atoms with Crippen LogP contribution < -0.4 is 25.8 Å². The first-order valence-corrected chi connectivity index (χ1v) is 11.3. The lowest BCUT2D eigenvalue weighted by Gasteiger charge is -2.25. The molecule has 0 unspecified atom stereocenters. The Morgan fingerprint density at radius 3 is 2.54 bits per heavy atom. The van der Waals surface area contributed by atoms with Gasteiger partial charge in [0.1, 0.15) is 36.8 Å². The van der Waals surface area contributed by atoms with Crippen LogP contribution in [0.3, 0.4) is 0 Å². The van der Waals surface area contributed by atoms with Gasteiger partial charge in [-0.2, -0.15) is 0 Å². The van der Waals surface area contributed by atoms with E-state index in [0.717, 1.165) is 6.07 Å². The van der Waals surface area contributed by atoms with E-state index in [1.165, 1.54) is 40.6 Å². The lowest BCUT2D eigenvalue weighted by Crippen LogP contribution is -2.48. The van der Waals surface area contributed by atoms with E-state index < -0.39 is 34.7 Å². The van der Waals surface area contributed by atoms with Crippen molar-refractivity contribution in [2.24, 2.45) is 5.73 Å². The van der Waals surface area contributed by atoms with Crippen LogP contribution in [0, 0.1) is 11.6 Å². The molecule has 3 aromatic rings. The molecular formula is C24H22ClF2N5O5. The molecule has 1 aliphatic heterocycles. The number of carbonyl (C=O) groups is 2. The highest BCUT2D eigenvalue weighted by Gasteiger charge is 2.38. The molecule has 0 saturated carbocycles. The molecule has 0 saturated heterocycles. The average molecular weight is 534 g/mol. The standard InChI is InChI=1S/C24H22ClF2N5O5/c1-24(2,36)22(34)31-12-32(23(28)35)17-6-3-13(7-18(17)31)9-30-11-29-20(19(25)21(30)33)37-10-14-4-5-15(26)8-16(14)27/h3-8,11,36H,9-10,12H2,1-2H3,(H2,28,35). The SMILES string of the molecule is CC(C)(O)C(=O)N1CN(C(N)=O)c2ccc(Cn3cnc(OCc4ccc(F)cc4F)c(Cl)c3=O)cc21. The molecule has 10 nitrogen and oxygen atoms in total. The van der Waals surface area contributed by atoms with E-state index in [1.807, 2.05) is 0 Å². The van der Waals surface area contributed by atoms with Crippen LogP contribution in [-0.4, -0.2) is 38.9 Å². The maximum atomic E-state index is 13.8. The molecule has 3 N–H and O–H groups in total. The van der Waals surface area contributed by atoms with E-state index in [1.54, 1.807) is 18.2 Å². The highest BCUT2D eigenvalue weighted by atomic mass is 35.5. The maximum Gasteiger partial charge on any atom is 0.320 e. The Labute approximate surface area is 214 Å². The topological polar surface area (TPSA) is 131 Å². The molecule has 2 aromatic carbocycles. The maximum absolute atomic E-state index is 13.8. The van der Waals surface area contributed by atoms with Gasteiger partial charge >= 0.3 is 6.03 Å². The first-order chi connectivity index (χ1) is 17.4. The second-order valence-electron chi connectivity index (χ2n) is 8.84. The van der Waals surface area contributed by atoms with Gasteiger partial charge in [-0.1, -0.05) is 17.7 Å². The smallest absolute Gasteiger partial charge is 0.320 e. The number of nitrogens with two attached hydrogens (primary N) is 1. The Kier molecular flexibility index (Phi) is 6.89. The number of hydrogen-bond acceptors (Lipinski definition) is 6. The van der Waals surface area contributed by atoms with Gasteiger partial charge in [0, 0.05) is 11.6 Å². The average Bonchev–Trinajstić information content (AvgIpc) is 3.20. The number of amides is 3. The van der Waals surface area contributed by atoms with E-state index in [9.17, 15) is 28.3 Å². The second-order valence-corrected chi connectivity index (χ2v) is 9.22. The molecule has 0 bridgehead atoms. The zero-order valence-corrected chi connectivity index (χ0v) is 20.5. The van der Waals surface area contributed by atoms with E-state index in [4.69, 9.17) is 22.1 Å². The monoisotopic (exact) mass is 533 g/mol. The van der Waals surface area contributed by atoms with Crippen LogP contribution in [0.4, 0.5) is 25.0 Å². The molecule has 0 atom stereocenters. The molecule has 0 aliphatic carbocycles. The fourth-order valence-electron chi connectivity index (χ4n) is 3.74. The molecule has 4 rings (SSSR count). The molecule has 13 heteroatoms. The van der Waals surface area contributed by atoms with Crippen molar-refractivity contribution in [3.63, 3.8) is 0 Å². The summed E-state index contributed by atoms with van der Waals surface area (Å²) < 4.78 is 33.5. The van der Waals surface area contributed by atoms with Gasteiger partial charge in [-0.05, 0) is 43.7 Å². The van der Waals surface area contributed by atoms with Crippen molar-refractivity contribution in [3.05, 3.63) is 80.9 Å². The number of urea groups is 1. The molecular weight excluding hydrogens is 512 g/mol. The largest absolute Gasteiger partial charge is 0.471 e. The number of nitrogens with zero attached hydrogens (tertiary/aromatic N) is 4. The molecule has 3 amide bonds. The molecule has 0 fully saturated rings. The molecule has 0 radical (unpaired) electrons. The van der Waals surface area contributed by atoms with Crippen LogP contribution >= 0.6 is 11.6 Å². The summed E-state index contributed by atoms with van der Waals surface area (Å²) >= 11 is 6.15. The van der Waals surface area contributed by atoms with Gasteiger partial charge in [-0.15, -0.1) is 0 Å². The van der Waals surface area contributed by atoms with Gasteiger partial charge in [0.15, 0.2) is 5.02 Å². The molecule has 1 aromatic heterocycles. The molecule has 37 heavy (non-hydrogen) atoms. The van der Waals surface area contributed by atoms with Crippen molar-refractivity contribution in [2.75, 3.05) is 16.5 Å². The summed E-state index contributed by atoms with van der Waals surface area (Å²) in [7, 11) is 0. The van der Waals surface area contributed by atoms with Gasteiger partial charge < -0.3 is 15.6 Å². The Bertz CT molecular complexity index is 1460. The minimum Gasteiger partial charge on any atom is -0.471 e. The summed E-state index contributed by atoms with van der Waals surface area (Å²) in [6.07, 6.45) is 1.19. The minimum absolute atomic E-state index is 0.00712. The minimum atomic E-state index is -1.71. The Morgan fingerprint density at radius 1 is 1.16 bits per heavy atom. The van der Waals surface area contributed by atoms with Crippen molar-refractivity contribution in [3.8, 4) is 5.88 Å². The number of primary amides is 1. The van der Waals surface area contributed by atoms with Crippen molar-refractivity contribution in [1.82, 2.24) is 9.55 Å². The number of benzene rings is 2. The van der Waals surface area contributed by atoms with Gasteiger partial charge in [0.25, 0.3) is 11.5 Å². The van der Waals surface area contributed by atoms with Crippen LogP contribution in [0.5, 0.6) is 5.88 Å². The summed E-state index contributed by atoms with van der Waals surface area (Å²) in [5, 5.41) is 9.85. The third-order valence-corrected chi connectivity index (χ3v) is 5.95. The molecule has 194 valence electrons. The van der Waals surface area contributed by atoms with E-state index >= 15 is 0 Å².